The highest BCUT2D eigenvalue weighted by Crippen LogP contribution is 2.20. The molecule has 18 heavy (non-hydrogen) atoms. The summed E-state index contributed by atoms with van der Waals surface area (Å²) in [6.45, 7) is 8.05. The van der Waals surface area contributed by atoms with E-state index in [2.05, 4.69) is 10.3 Å². The lowest BCUT2D eigenvalue weighted by molar-refractivity contribution is -0.122. The molecular weight excluding hydrogens is 226 g/mol. The maximum absolute atomic E-state index is 11.9. The Bertz CT molecular complexity index is 384. The molecule has 0 aliphatic carbocycles. The van der Waals surface area contributed by atoms with Gasteiger partial charge in [-0.3, -0.25) is 9.78 Å². The van der Waals surface area contributed by atoms with Gasteiger partial charge in [0.15, 0.2) is 0 Å². The van der Waals surface area contributed by atoms with Crippen LogP contribution >= 0.6 is 0 Å². The first-order valence-electron chi connectivity index (χ1n) is 6.25. The van der Waals surface area contributed by atoms with Crippen molar-refractivity contribution in [3.05, 3.63) is 30.1 Å². The minimum atomic E-state index is -0.140. The number of nitrogens with zero attached hydrogens (tertiary/aromatic N) is 1. The fourth-order valence-electron chi connectivity index (χ4n) is 1.52. The van der Waals surface area contributed by atoms with Crippen LogP contribution in [0.1, 0.15) is 45.7 Å². The normalized spacial score (nSPS) is 14.9. The van der Waals surface area contributed by atoms with E-state index < -0.39 is 0 Å². The molecule has 1 unspecified atom stereocenters. The number of hydrogen-bond acceptors (Lipinski definition) is 3. The number of rotatable bonds is 4. The number of hydrogen-bond donors (Lipinski definition) is 2. The van der Waals surface area contributed by atoms with Gasteiger partial charge in [-0.1, -0.05) is 26.8 Å². The predicted molar refractivity (Wildman–Crippen MR) is 72.8 cm³/mol. The number of nitrogens with one attached hydrogen (secondary N) is 1. The molecule has 1 amide bonds. The molecular formula is C14H23N3O. The topological polar surface area (TPSA) is 68.0 Å². The molecule has 0 aliphatic heterocycles. The van der Waals surface area contributed by atoms with Gasteiger partial charge in [0.25, 0.3) is 0 Å². The zero-order valence-electron chi connectivity index (χ0n) is 11.6. The number of nitrogens with two attached hydrogens (primary N) is 1. The minimum absolute atomic E-state index is 0.0196. The molecule has 100 valence electrons. The second-order valence-corrected chi connectivity index (χ2v) is 5.75. The van der Waals surface area contributed by atoms with Crippen molar-refractivity contribution in [3.63, 3.8) is 0 Å². The van der Waals surface area contributed by atoms with Gasteiger partial charge < -0.3 is 11.1 Å². The van der Waals surface area contributed by atoms with Crippen LogP contribution in [0.15, 0.2) is 24.5 Å². The SMILES string of the molecule is C[C@@H](NC(=O)CC(N)C(C)(C)C)c1cccnc1. The summed E-state index contributed by atoms with van der Waals surface area (Å²) in [4.78, 5) is 15.9. The summed E-state index contributed by atoms with van der Waals surface area (Å²) in [5.74, 6) is -0.0196. The molecule has 0 aliphatic rings. The Morgan fingerprint density at radius 1 is 1.50 bits per heavy atom. The molecule has 0 fully saturated rings. The van der Waals surface area contributed by atoms with Gasteiger partial charge in [-0.2, -0.15) is 0 Å². The molecule has 1 aromatic heterocycles. The largest absolute Gasteiger partial charge is 0.349 e. The van der Waals surface area contributed by atoms with E-state index in [0.717, 1.165) is 5.56 Å². The van der Waals surface area contributed by atoms with Crippen LogP contribution in [0, 0.1) is 5.41 Å². The molecule has 1 heterocycles. The Kier molecular flexibility index (Phi) is 4.84. The Morgan fingerprint density at radius 3 is 2.67 bits per heavy atom. The number of amides is 1. The number of carbonyl (C=O) groups excluding carboxylic acids is 1. The van der Waals surface area contributed by atoms with Gasteiger partial charge in [-0.25, -0.2) is 0 Å². The van der Waals surface area contributed by atoms with E-state index in [1.165, 1.54) is 0 Å². The molecule has 0 bridgehead atoms. The standard InChI is InChI=1S/C14H23N3O/c1-10(11-6-5-7-16-9-11)17-13(18)8-12(15)14(2,3)4/h5-7,9-10,12H,8,15H2,1-4H3,(H,17,18)/t10-,12?/m1/s1. The van der Waals surface area contributed by atoms with Gasteiger partial charge in [0.1, 0.15) is 0 Å². The molecule has 4 nitrogen and oxygen atoms in total. The van der Waals surface area contributed by atoms with Crippen LogP contribution < -0.4 is 11.1 Å². The summed E-state index contributed by atoms with van der Waals surface area (Å²) >= 11 is 0. The molecule has 0 aromatic carbocycles. The van der Waals surface area contributed by atoms with Gasteiger partial charge in [-0.05, 0) is 24.0 Å². The van der Waals surface area contributed by atoms with Crippen molar-refractivity contribution in [1.82, 2.24) is 10.3 Å². The first kappa shape index (κ1) is 14.6. The van der Waals surface area contributed by atoms with Crippen LogP contribution in [0.5, 0.6) is 0 Å². The van der Waals surface area contributed by atoms with Crippen molar-refractivity contribution in [1.29, 1.82) is 0 Å². The summed E-state index contributed by atoms with van der Waals surface area (Å²) in [7, 11) is 0. The zero-order chi connectivity index (χ0) is 13.8. The quantitative estimate of drug-likeness (QED) is 0.858. The number of carbonyl (C=O) groups is 1. The maximum Gasteiger partial charge on any atom is 0.222 e. The lowest BCUT2D eigenvalue weighted by Gasteiger charge is -2.27. The van der Waals surface area contributed by atoms with Crippen LogP contribution in [0.25, 0.3) is 0 Å². The number of aromatic nitrogens is 1. The van der Waals surface area contributed by atoms with E-state index in [1.807, 2.05) is 39.8 Å². The fourth-order valence-corrected chi connectivity index (χ4v) is 1.52. The van der Waals surface area contributed by atoms with E-state index in [9.17, 15) is 4.79 Å². The molecule has 1 rings (SSSR count). The Morgan fingerprint density at radius 2 is 2.17 bits per heavy atom. The van der Waals surface area contributed by atoms with Crippen molar-refractivity contribution in [2.75, 3.05) is 0 Å². The third kappa shape index (κ3) is 4.45. The van der Waals surface area contributed by atoms with E-state index in [4.69, 9.17) is 5.73 Å². The van der Waals surface area contributed by atoms with Crippen molar-refractivity contribution in [2.45, 2.75) is 46.2 Å². The Balaban J connectivity index is 2.51. The monoisotopic (exact) mass is 249 g/mol. The van der Waals surface area contributed by atoms with Crippen LogP contribution in [-0.2, 0) is 4.79 Å². The highest BCUT2D eigenvalue weighted by atomic mass is 16.1. The molecule has 0 saturated carbocycles. The van der Waals surface area contributed by atoms with Gasteiger partial charge in [-0.15, -0.1) is 0 Å². The first-order valence-corrected chi connectivity index (χ1v) is 6.25. The third-order valence-corrected chi connectivity index (χ3v) is 3.08. The molecule has 1 aromatic rings. The third-order valence-electron chi connectivity index (χ3n) is 3.08. The lowest BCUT2D eigenvalue weighted by atomic mass is 9.85. The second-order valence-electron chi connectivity index (χ2n) is 5.75. The second kappa shape index (κ2) is 5.96. The molecule has 0 saturated heterocycles. The average molecular weight is 249 g/mol. The summed E-state index contributed by atoms with van der Waals surface area (Å²) in [5.41, 5.74) is 6.93. The van der Waals surface area contributed by atoms with Gasteiger partial charge >= 0.3 is 0 Å². The molecule has 0 spiro atoms. The fraction of sp³-hybridized carbons (Fsp3) is 0.571. The first-order chi connectivity index (χ1) is 8.30. The lowest BCUT2D eigenvalue weighted by Crippen LogP contribution is -2.40. The van der Waals surface area contributed by atoms with Crippen molar-refractivity contribution in [3.8, 4) is 0 Å². The summed E-state index contributed by atoms with van der Waals surface area (Å²) < 4.78 is 0. The molecule has 0 radical (unpaired) electrons. The Labute approximate surface area is 109 Å². The highest BCUT2D eigenvalue weighted by Gasteiger charge is 2.23. The van der Waals surface area contributed by atoms with Crippen LogP contribution in [0.2, 0.25) is 0 Å². The van der Waals surface area contributed by atoms with Crippen LogP contribution in [0.4, 0.5) is 0 Å². The van der Waals surface area contributed by atoms with Crippen LogP contribution in [0.3, 0.4) is 0 Å². The van der Waals surface area contributed by atoms with E-state index >= 15 is 0 Å². The van der Waals surface area contributed by atoms with Crippen molar-refractivity contribution < 1.29 is 4.79 Å². The average Bonchev–Trinajstić information content (AvgIpc) is 2.28. The maximum atomic E-state index is 11.9. The summed E-state index contributed by atoms with van der Waals surface area (Å²) in [6.07, 6.45) is 3.82. The predicted octanol–water partition coefficient (Wildman–Crippen LogP) is 2.02. The molecule has 2 atom stereocenters. The molecule has 3 N–H and O–H groups in total. The minimum Gasteiger partial charge on any atom is -0.349 e. The van der Waals surface area contributed by atoms with Gasteiger partial charge in [0, 0.05) is 24.9 Å². The molecule has 4 heteroatoms. The van der Waals surface area contributed by atoms with Gasteiger partial charge in [0.05, 0.1) is 6.04 Å². The van der Waals surface area contributed by atoms with Gasteiger partial charge in [0.2, 0.25) is 5.91 Å². The number of pyridine rings is 1. The van der Waals surface area contributed by atoms with Crippen molar-refractivity contribution in [2.24, 2.45) is 11.1 Å². The van der Waals surface area contributed by atoms with E-state index in [-0.39, 0.29) is 23.4 Å². The smallest absolute Gasteiger partial charge is 0.222 e. The van der Waals surface area contributed by atoms with Crippen molar-refractivity contribution >= 4 is 5.91 Å². The van der Waals surface area contributed by atoms with E-state index in [0.29, 0.717) is 6.42 Å². The summed E-state index contributed by atoms with van der Waals surface area (Å²) in [5, 5.41) is 2.94. The Hall–Kier alpha value is -1.42. The van der Waals surface area contributed by atoms with Crippen LogP contribution in [-0.4, -0.2) is 16.9 Å². The van der Waals surface area contributed by atoms with E-state index in [1.54, 1.807) is 12.4 Å². The zero-order valence-corrected chi connectivity index (χ0v) is 11.6. The summed E-state index contributed by atoms with van der Waals surface area (Å²) in [6, 6.07) is 3.62. The highest BCUT2D eigenvalue weighted by molar-refractivity contribution is 5.77.